The monoisotopic (exact) mass is 339 g/mol. The Kier molecular flexibility index (Phi) is 4.73. The quantitative estimate of drug-likeness (QED) is 0.405. The maximum absolute atomic E-state index is 2.56. The molecule has 0 aliphatic heterocycles. The van der Waals surface area contributed by atoms with Crippen molar-refractivity contribution in [2.24, 2.45) is 0 Å². The molecule has 0 saturated heterocycles. The highest BCUT2D eigenvalue weighted by Crippen LogP contribution is 2.36. The van der Waals surface area contributed by atoms with Crippen LogP contribution in [0.15, 0.2) is 84.9 Å². The summed E-state index contributed by atoms with van der Waals surface area (Å²) in [5, 5.41) is 5.31. The van der Waals surface area contributed by atoms with Gasteiger partial charge in [0, 0.05) is 0 Å². The largest absolute Gasteiger partial charge is 0.293 e. The SMILES string of the molecule is CCN(CC)C(c1cccc2ccccc12)c1cccc2ccccc12. The van der Waals surface area contributed by atoms with Crippen LogP contribution in [0.4, 0.5) is 0 Å². The maximum Gasteiger partial charge on any atom is 0.0613 e. The van der Waals surface area contributed by atoms with E-state index in [0.29, 0.717) is 0 Å². The molecule has 130 valence electrons. The number of benzene rings is 4. The fraction of sp³-hybridized carbons (Fsp3) is 0.200. The summed E-state index contributed by atoms with van der Waals surface area (Å²) in [6.45, 7) is 6.56. The van der Waals surface area contributed by atoms with Crippen molar-refractivity contribution < 1.29 is 0 Å². The van der Waals surface area contributed by atoms with Gasteiger partial charge in [0.2, 0.25) is 0 Å². The summed E-state index contributed by atoms with van der Waals surface area (Å²) >= 11 is 0. The van der Waals surface area contributed by atoms with Gasteiger partial charge in [-0.15, -0.1) is 0 Å². The number of fused-ring (bicyclic) bond motifs is 2. The Morgan fingerprint density at radius 1 is 0.577 bits per heavy atom. The maximum atomic E-state index is 2.56. The highest BCUT2D eigenvalue weighted by Gasteiger charge is 2.23. The van der Waals surface area contributed by atoms with E-state index < -0.39 is 0 Å². The Balaban J connectivity index is 2.01. The molecule has 0 aliphatic rings. The van der Waals surface area contributed by atoms with E-state index in [1.165, 1.54) is 32.7 Å². The second-order valence-electron chi connectivity index (χ2n) is 6.76. The van der Waals surface area contributed by atoms with Gasteiger partial charge in [0.15, 0.2) is 0 Å². The molecule has 1 nitrogen and oxygen atoms in total. The predicted molar refractivity (Wildman–Crippen MR) is 113 cm³/mol. The molecule has 0 heterocycles. The Morgan fingerprint density at radius 3 is 1.46 bits per heavy atom. The average molecular weight is 339 g/mol. The first kappa shape index (κ1) is 16.8. The van der Waals surface area contributed by atoms with Gasteiger partial charge in [0.05, 0.1) is 6.04 Å². The van der Waals surface area contributed by atoms with Crippen molar-refractivity contribution >= 4 is 21.5 Å². The van der Waals surface area contributed by atoms with Crippen LogP contribution in [0.2, 0.25) is 0 Å². The molecule has 4 rings (SSSR count). The summed E-state index contributed by atoms with van der Waals surface area (Å²) in [5.74, 6) is 0. The van der Waals surface area contributed by atoms with E-state index in [1.807, 2.05) is 0 Å². The van der Waals surface area contributed by atoms with E-state index >= 15 is 0 Å². The summed E-state index contributed by atoms with van der Waals surface area (Å²) in [7, 11) is 0. The van der Waals surface area contributed by atoms with Crippen molar-refractivity contribution in [1.82, 2.24) is 4.90 Å². The lowest BCUT2D eigenvalue weighted by atomic mass is 9.89. The number of hydrogen-bond donors (Lipinski definition) is 0. The standard InChI is InChI=1S/C25H25N/c1-3-26(4-2)25(23-17-9-13-19-11-5-7-15-21(19)23)24-18-10-14-20-12-6-8-16-22(20)24/h5-18,25H,3-4H2,1-2H3. The Bertz CT molecular complexity index is 940. The van der Waals surface area contributed by atoms with Crippen LogP contribution in [0.1, 0.15) is 31.0 Å². The fourth-order valence-electron chi connectivity index (χ4n) is 4.13. The van der Waals surface area contributed by atoms with Gasteiger partial charge in [-0.1, -0.05) is 98.8 Å². The summed E-state index contributed by atoms with van der Waals surface area (Å²) in [6, 6.07) is 31.1. The summed E-state index contributed by atoms with van der Waals surface area (Å²) in [6.07, 6.45) is 0. The number of nitrogens with zero attached hydrogens (tertiary/aromatic N) is 1. The van der Waals surface area contributed by atoms with E-state index in [2.05, 4.69) is 104 Å². The van der Waals surface area contributed by atoms with Crippen molar-refractivity contribution in [3.8, 4) is 0 Å². The lowest BCUT2D eigenvalue weighted by Gasteiger charge is -2.32. The molecular weight excluding hydrogens is 314 g/mol. The molecule has 0 bridgehead atoms. The molecule has 4 aromatic carbocycles. The molecule has 26 heavy (non-hydrogen) atoms. The third kappa shape index (κ3) is 2.89. The number of rotatable bonds is 5. The zero-order chi connectivity index (χ0) is 17.9. The van der Waals surface area contributed by atoms with Crippen LogP contribution in [0.3, 0.4) is 0 Å². The molecule has 0 aliphatic carbocycles. The molecule has 0 fully saturated rings. The van der Waals surface area contributed by atoms with E-state index in [0.717, 1.165) is 13.1 Å². The number of hydrogen-bond acceptors (Lipinski definition) is 1. The van der Waals surface area contributed by atoms with Gasteiger partial charge in [-0.3, -0.25) is 4.90 Å². The van der Waals surface area contributed by atoms with Gasteiger partial charge >= 0.3 is 0 Å². The Hall–Kier alpha value is -2.64. The fourth-order valence-corrected chi connectivity index (χ4v) is 4.13. The van der Waals surface area contributed by atoms with Crippen molar-refractivity contribution in [2.45, 2.75) is 19.9 Å². The lowest BCUT2D eigenvalue weighted by molar-refractivity contribution is 0.253. The van der Waals surface area contributed by atoms with Crippen LogP contribution in [-0.4, -0.2) is 18.0 Å². The second kappa shape index (κ2) is 7.31. The van der Waals surface area contributed by atoms with Gasteiger partial charge in [-0.25, -0.2) is 0 Å². The lowest BCUT2D eigenvalue weighted by Crippen LogP contribution is -2.29. The topological polar surface area (TPSA) is 3.24 Å². The zero-order valence-corrected chi connectivity index (χ0v) is 15.5. The molecule has 0 saturated carbocycles. The van der Waals surface area contributed by atoms with E-state index in [9.17, 15) is 0 Å². The van der Waals surface area contributed by atoms with Crippen molar-refractivity contribution in [3.63, 3.8) is 0 Å². The third-order valence-corrected chi connectivity index (χ3v) is 5.41. The first-order valence-electron chi connectivity index (χ1n) is 9.52. The molecule has 0 N–H and O–H groups in total. The minimum atomic E-state index is 0.252. The first-order chi connectivity index (χ1) is 12.8. The predicted octanol–water partition coefficient (Wildman–Crippen LogP) is 6.42. The van der Waals surface area contributed by atoms with Crippen LogP contribution in [0.25, 0.3) is 21.5 Å². The summed E-state index contributed by atoms with van der Waals surface area (Å²) in [5.41, 5.74) is 2.78. The molecule has 0 aromatic heterocycles. The van der Waals surface area contributed by atoms with Crippen molar-refractivity contribution in [1.29, 1.82) is 0 Å². The molecular formula is C25H25N. The smallest absolute Gasteiger partial charge is 0.0613 e. The van der Waals surface area contributed by atoms with E-state index in [1.54, 1.807) is 0 Å². The highest BCUT2D eigenvalue weighted by molar-refractivity contribution is 5.90. The Morgan fingerprint density at radius 2 is 1.00 bits per heavy atom. The van der Waals surface area contributed by atoms with Gasteiger partial charge in [-0.05, 0) is 45.8 Å². The van der Waals surface area contributed by atoms with Crippen molar-refractivity contribution in [3.05, 3.63) is 96.1 Å². The van der Waals surface area contributed by atoms with Gasteiger partial charge in [0.25, 0.3) is 0 Å². The molecule has 0 amide bonds. The van der Waals surface area contributed by atoms with Crippen LogP contribution < -0.4 is 0 Å². The molecule has 4 aromatic rings. The zero-order valence-electron chi connectivity index (χ0n) is 15.5. The van der Waals surface area contributed by atoms with Crippen LogP contribution in [0, 0.1) is 0 Å². The summed E-state index contributed by atoms with van der Waals surface area (Å²) in [4.78, 5) is 2.56. The first-order valence-corrected chi connectivity index (χ1v) is 9.52. The van der Waals surface area contributed by atoms with Crippen molar-refractivity contribution in [2.75, 3.05) is 13.1 Å². The normalized spacial score (nSPS) is 11.7. The van der Waals surface area contributed by atoms with E-state index in [4.69, 9.17) is 0 Å². The van der Waals surface area contributed by atoms with Crippen LogP contribution in [-0.2, 0) is 0 Å². The average Bonchev–Trinajstić information content (AvgIpc) is 2.71. The Labute approximate surface area is 155 Å². The third-order valence-electron chi connectivity index (χ3n) is 5.41. The molecule has 0 atom stereocenters. The minimum absolute atomic E-state index is 0.252. The molecule has 0 unspecified atom stereocenters. The van der Waals surface area contributed by atoms with Crippen LogP contribution in [0.5, 0.6) is 0 Å². The van der Waals surface area contributed by atoms with Gasteiger partial charge < -0.3 is 0 Å². The second-order valence-corrected chi connectivity index (χ2v) is 6.76. The van der Waals surface area contributed by atoms with Crippen LogP contribution >= 0.6 is 0 Å². The summed E-state index contributed by atoms with van der Waals surface area (Å²) < 4.78 is 0. The van der Waals surface area contributed by atoms with Gasteiger partial charge in [-0.2, -0.15) is 0 Å². The molecule has 0 radical (unpaired) electrons. The molecule has 0 spiro atoms. The molecule has 1 heteroatoms. The van der Waals surface area contributed by atoms with E-state index in [-0.39, 0.29) is 6.04 Å². The highest BCUT2D eigenvalue weighted by atomic mass is 15.1. The van der Waals surface area contributed by atoms with Gasteiger partial charge in [0.1, 0.15) is 0 Å². The minimum Gasteiger partial charge on any atom is -0.293 e.